The van der Waals surface area contributed by atoms with Gasteiger partial charge in [0.1, 0.15) is 0 Å². The third-order valence-electron chi connectivity index (χ3n) is 2.81. The molecule has 7 heteroatoms. The van der Waals surface area contributed by atoms with Crippen LogP contribution in [0, 0.1) is 0 Å². The van der Waals surface area contributed by atoms with Crippen molar-refractivity contribution in [1.82, 2.24) is 15.0 Å². The first-order chi connectivity index (χ1) is 10.6. The van der Waals surface area contributed by atoms with Gasteiger partial charge in [0.25, 0.3) is 0 Å². The van der Waals surface area contributed by atoms with E-state index >= 15 is 0 Å². The quantitative estimate of drug-likeness (QED) is 0.882. The Hall–Kier alpha value is -2.83. The molecular weight excluding hydrogens is 282 g/mol. The highest BCUT2D eigenvalue weighted by atomic mass is 16.2. The molecule has 0 radical (unpaired) electrons. The average Bonchev–Trinajstić information content (AvgIpc) is 2.55. The summed E-state index contributed by atoms with van der Waals surface area (Å²) in [7, 11) is 0. The predicted octanol–water partition coefficient (Wildman–Crippen LogP) is 2.24. The monoisotopic (exact) mass is 299 g/mol. The van der Waals surface area contributed by atoms with Crippen molar-refractivity contribution in [3.8, 4) is 11.4 Å². The first kappa shape index (κ1) is 15.6. The molecule has 0 atom stereocenters. The van der Waals surface area contributed by atoms with Gasteiger partial charge in [-0.2, -0.15) is 15.0 Å². The van der Waals surface area contributed by atoms with Gasteiger partial charge < -0.3 is 0 Å². The third-order valence-corrected chi connectivity index (χ3v) is 2.81. The van der Waals surface area contributed by atoms with Gasteiger partial charge in [-0.15, -0.1) is 0 Å². The molecule has 2 rings (SSSR count). The van der Waals surface area contributed by atoms with Gasteiger partial charge in [-0.1, -0.05) is 44.2 Å². The Kier molecular flexibility index (Phi) is 5.13. The zero-order valence-electron chi connectivity index (χ0n) is 12.5. The molecule has 0 aliphatic heterocycles. The van der Waals surface area contributed by atoms with E-state index in [1.54, 1.807) is 13.8 Å². The molecule has 0 saturated heterocycles. The van der Waals surface area contributed by atoms with Gasteiger partial charge in [0.15, 0.2) is 5.82 Å². The second kappa shape index (κ2) is 7.26. The molecule has 0 aliphatic carbocycles. The van der Waals surface area contributed by atoms with Crippen LogP contribution < -0.4 is 10.6 Å². The van der Waals surface area contributed by atoms with E-state index in [1.807, 2.05) is 30.3 Å². The van der Waals surface area contributed by atoms with Gasteiger partial charge in [-0.3, -0.25) is 20.2 Å². The van der Waals surface area contributed by atoms with Crippen LogP contribution in [0.1, 0.15) is 26.7 Å². The van der Waals surface area contributed by atoms with Crippen LogP contribution in [0.25, 0.3) is 11.4 Å². The molecule has 0 aliphatic rings. The van der Waals surface area contributed by atoms with Crippen molar-refractivity contribution in [2.45, 2.75) is 26.7 Å². The Morgan fingerprint density at radius 3 is 1.82 bits per heavy atom. The third kappa shape index (κ3) is 4.08. The highest BCUT2D eigenvalue weighted by Gasteiger charge is 2.11. The van der Waals surface area contributed by atoms with Crippen molar-refractivity contribution in [3.63, 3.8) is 0 Å². The minimum absolute atomic E-state index is 0.118. The van der Waals surface area contributed by atoms with E-state index in [2.05, 4.69) is 25.6 Å². The first-order valence-corrected chi connectivity index (χ1v) is 7.03. The summed E-state index contributed by atoms with van der Waals surface area (Å²) < 4.78 is 0. The lowest BCUT2D eigenvalue weighted by molar-refractivity contribution is -0.116. The molecule has 1 aromatic heterocycles. The lowest BCUT2D eigenvalue weighted by Crippen LogP contribution is -2.17. The van der Waals surface area contributed by atoms with Crippen molar-refractivity contribution in [3.05, 3.63) is 30.3 Å². The fraction of sp³-hybridized carbons (Fsp3) is 0.267. The number of hydrogen-bond acceptors (Lipinski definition) is 5. The number of anilines is 2. The number of nitrogens with one attached hydrogen (secondary N) is 2. The number of hydrogen-bond donors (Lipinski definition) is 2. The fourth-order valence-electron chi connectivity index (χ4n) is 1.63. The van der Waals surface area contributed by atoms with Gasteiger partial charge in [0, 0.05) is 18.4 Å². The molecule has 1 heterocycles. The molecule has 0 unspecified atom stereocenters. The molecule has 0 spiro atoms. The molecule has 0 saturated carbocycles. The van der Waals surface area contributed by atoms with Crippen molar-refractivity contribution in [1.29, 1.82) is 0 Å². The van der Waals surface area contributed by atoms with Gasteiger partial charge in [-0.25, -0.2) is 0 Å². The van der Waals surface area contributed by atoms with Crippen LogP contribution in [0.5, 0.6) is 0 Å². The number of nitrogens with zero attached hydrogens (tertiary/aromatic N) is 3. The largest absolute Gasteiger partial charge is 0.294 e. The predicted molar refractivity (Wildman–Crippen MR) is 83.1 cm³/mol. The van der Waals surface area contributed by atoms with Crippen LogP contribution in [0.4, 0.5) is 11.9 Å². The maximum atomic E-state index is 11.5. The molecule has 2 N–H and O–H groups in total. The summed E-state index contributed by atoms with van der Waals surface area (Å²) in [6.07, 6.45) is 0.617. The summed E-state index contributed by atoms with van der Waals surface area (Å²) in [5.41, 5.74) is 0.767. The number of carbonyl (C=O) groups excluding carboxylic acids is 2. The first-order valence-electron chi connectivity index (χ1n) is 7.03. The maximum Gasteiger partial charge on any atom is 0.234 e. The van der Waals surface area contributed by atoms with Crippen LogP contribution in [0.3, 0.4) is 0 Å². The Labute approximate surface area is 128 Å². The van der Waals surface area contributed by atoms with E-state index in [9.17, 15) is 9.59 Å². The van der Waals surface area contributed by atoms with Gasteiger partial charge >= 0.3 is 0 Å². The van der Waals surface area contributed by atoms with E-state index in [4.69, 9.17) is 0 Å². The van der Waals surface area contributed by atoms with Crippen molar-refractivity contribution < 1.29 is 9.59 Å². The molecule has 22 heavy (non-hydrogen) atoms. The molecule has 114 valence electrons. The van der Waals surface area contributed by atoms with E-state index < -0.39 is 0 Å². The molecule has 2 amide bonds. The van der Waals surface area contributed by atoms with E-state index in [0.717, 1.165) is 5.56 Å². The molecule has 2 aromatic rings. The fourth-order valence-corrected chi connectivity index (χ4v) is 1.63. The van der Waals surface area contributed by atoms with Crippen LogP contribution in [0.2, 0.25) is 0 Å². The number of carbonyl (C=O) groups is 2. The average molecular weight is 299 g/mol. The Morgan fingerprint density at radius 2 is 1.36 bits per heavy atom. The highest BCUT2D eigenvalue weighted by Crippen LogP contribution is 2.17. The summed E-state index contributed by atoms with van der Waals surface area (Å²) in [6, 6.07) is 9.27. The maximum absolute atomic E-state index is 11.5. The number of aromatic nitrogens is 3. The Bertz CT molecular complexity index is 637. The second-order valence-electron chi connectivity index (χ2n) is 4.48. The van der Waals surface area contributed by atoms with E-state index in [0.29, 0.717) is 18.7 Å². The summed E-state index contributed by atoms with van der Waals surface area (Å²) in [4.78, 5) is 35.5. The summed E-state index contributed by atoms with van der Waals surface area (Å²) in [6.45, 7) is 3.46. The van der Waals surface area contributed by atoms with Gasteiger partial charge in [-0.05, 0) is 0 Å². The van der Waals surface area contributed by atoms with Crippen LogP contribution in [-0.2, 0) is 9.59 Å². The lowest BCUT2D eigenvalue weighted by atomic mass is 10.2. The Morgan fingerprint density at radius 1 is 0.864 bits per heavy atom. The second-order valence-corrected chi connectivity index (χ2v) is 4.48. The zero-order chi connectivity index (χ0) is 15.9. The SMILES string of the molecule is CCC(=O)Nc1nc(NC(=O)CC)nc(-c2ccccc2)n1. The van der Waals surface area contributed by atoms with Gasteiger partial charge in [0.2, 0.25) is 23.7 Å². The summed E-state index contributed by atoms with van der Waals surface area (Å²) in [5.74, 6) is 0.198. The highest BCUT2D eigenvalue weighted by molar-refractivity contribution is 5.90. The lowest BCUT2D eigenvalue weighted by Gasteiger charge is -2.08. The zero-order valence-corrected chi connectivity index (χ0v) is 12.5. The summed E-state index contributed by atoms with van der Waals surface area (Å²) >= 11 is 0. The van der Waals surface area contributed by atoms with Crippen molar-refractivity contribution in [2.24, 2.45) is 0 Å². The normalized spacial score (nSPS) is 10.1. The van der Waals surface area contributed by atoms with Crippen LogP contribution >= 0.6 is 0 Å². The topological polar surface area (TPSA) is 96.9 Å². The van der Waals surface area contributed by atoms with Crippen LogP contribution in [0.15, 0.2) is 30.3 Å². The van der Waals surface area contributed by atoms with Crippen molar-refractivity contribution in [2.75, 3.05) is 10.6 Å². The summed E-state index contributed by atoms with van der Waals surface area (Å²) in [5, 5.41) is 5.16. The number of benzene rings is 1. The van der Waals surface area contributed by atoms with E-state index in [-0.39, 0.29) is 23.7 Å². The molecule has 0 fully saturated rings. The molecular formula is C15H17N5O2. The molecule has 7 nitrogen and oxygen atoms in total. The minimum Gasteiger partial charge on any atom is -0.294 e. The van der Waals surface area contributed by atoms with Crippen molar-refractivity contribution >= 4 is 23.7 Å². The van der Waals surface area contributed by atoms with E-state index in [1.165, 1.54) is 0 Å². The number of amides is 2. The smallest absolute Gasteiger partial charge is 0.234 e. The molecule has 1 aromatic carbocycles. The number of rotatable bonds is 5. The van der Waals surface area contributed by atoms with Crippen LogP contribution in [-0.4, -0.2) is 26.8 Å². The minimum atomic E-state index is -0.210. The van der Waals surface area contributed by atoms with Gasteiger partial charge in [0.05, 0.1) is 0 Å². The standard InChI is InChI=1S/C15H17N5O2/c1-3-11(21)16-14-18-13(10-8-6-5-7-9-10)19-15(20-14)17-12(22)4-2/h5-9H,3-4H2,1-2H3,(H2,16,17,18,19,20,21,22). The molecule has 0 bridgehead atoms. The Balaban J connectivity index is 2.39.